The maximum atomic E-state index is 11.8. The van der Waals surface area contributed by atoms with Crippen molar-refractivity contribution in [3.63, 3.8) is 0 Å². The van der Waals surface area contributed by atoms with Crippen LogP contribution < -0.4 is 10.6 Å². The summed E-state index contributed by atoms with van der Waals surface area (Å²) >= 11 is 11.8. The molecule has 0 aromatic heterocycles. The van der Waals surface area contributed by atoms with Crippen LogP contribution in [0.3, 0.4) is 0 Å². The zero-order chi connectivity index (χ0) is 14.4. The van der Waals surface area contributed by atoms with E-state index in [-0.39, 0.29) is 12.5 Å². The Morgan fingerprint density at radius 3 is 2.63 bits per heavy atom. The molecule has 106 valence electrons. The van der Waals surface area contributed by atoms with E-state index in [0.717, 1.165) is 6.42 Å². The van der Waals surface area contributed by atoms with E-state index in [9.17, 15) is 4.79 Å². The van der Waals surface area contributed by atoms with Crippen LogP contribution in [0.15, 0.2) is 18.2 Å². The Morgan fingerprint density at radius 1 is 1.32 bits per heavy atom. The largest absolute Gasteiger partial charge is 0.324 e. The molecule has 1 amide bonds. The Balaban J connectivity index is 2.49. The van der Waals surface area contributed by atoms with Gasteiger partial charge in [0.25, 0.3) is 0 Å². The molecule has 1 aromatic carbocycles. The summed E-state index contributed by atoms with van der Waals surface area (Å²) in [7, 11) is 0. The molecule has 0 aliphatic heterocycles. The lowest BCUT2D eigenvalue weighted by molar-refractivity contribution is -0.115. The first-order valence-corrected chi connectivity index (χ1v) is 7.18. The van der Waals surface area contributed by atoms with Gasteiger partial charge in [0.05, 0.1) is 17.3 Å². The summed E-state index contributed by atoms with van der Waals surface area (Å²) in [5, 5.41) is 6.97. The van der Waals surface area contributed by atoms with Crippen molar-refractivity contribution in [3.05, 3.63) is 28.2 Å². The molecule has 0 spiro atoms. The average Bonchev–Trinajstić information content (AvgIpc) is 2.39. The highest BCUT2D eigenvalue weighted by atomic mass is 35.5. The minimum Gasteiger partial charge on any atom is -0.324 e. The van der Waals surface area contributed by atoms with Crippen molar-refractivity contribution in [2.24, 2.45) is 5.92 Å². The van der Waals surface area contributed by atoms with E-state index in [4.69, 9.17) is 23.2 Å². The summed E-state index contributed by atoms with van der Waals surface area (Å²) in [6, 6.07) is 5.28. The summed E-state index contributed by atoms with van der Waals surface area (Å²) in [6.45, 7) is 6.63. The quantitative estimate of drug-likeness (QED) is 0.835. The fourth-order valence-electron chi connectivity index (χ4n) is 1.60. The molecule has 1 aromatic rings. The van der Waals surface area contributed by atoms with Gasteiger partial charge in [0.15, 0.2) is 0 Å². The van der Waals surface area contributed by atoms with Crippen LogP contribution in [0.2, 0.25) is 10.0 Å². The van der Waals surface area contributed by atoms with Crippen LogP contribution in [0.4, 0.5) is 5.69 Å². The lowest BCUT2D eigenvalue weighted by atomic mass is 10.0. The number of anilines is 1. The van der Waals surface area contributed by atoms with Gasteiger partial charge in [-0.15, -0.1) is 0 Å². The van der Waals surface area contributed by atoms with E-state index in [1.54, 1.807) is 18.2 Å². The molecule has 5 heteroatoms. The topological polar surface area (TPSA) is 41.1 Å². The Labute approximate surface area is 124 Å². The summed E-state index contributed by atoms with van der Waals surface area (Å²) < 4.78 is 0. The number of carbonyl (C=O) groups excluding carboxylic acids is 1. The minimum atomic E-state index is -0.126. The van der Waals surface area contributed by atoms with Gasteiger partial charge in [-0.3, -0.25) is 4.79 Å². The predicted molar refractivity (Wildman–Crippen MR) is 82.0 cm³/mol. The van der Waals surface area contributed by atoms with E-state index >= 15 is 0 Å². The average molecular weight is 303 g/mol. The zero-order valence-corrected chi connectivity index (χ0v) is 13.0. The number of nitrogens with one attached hydrogen (secondary N) is 2. The van der Waals surface area contributed by atoms with Gasteiger partial charge < -0.3 is 10.6 Å². The molecule has 0 saturated carbocycles. The fraction of sp³-hybridized carbons (Fsp3) is 0.500. The van der Waals surface area contributed by atoms with Crippen LogP contribution in [-0.2, 0) is 4.79 Å². The SMILES string of the molecule is CC[C@H](C)[C@@H](C)NCC(=O)Nc1cc(Cl)ccc1Cl. The van der Waals surface area contributed by atoms with Gasteiger partial charge in [-0.2, -0.15) is 0 Å². The first kappa shape index (κ1) is 16.3. The van der Waals surface area contributed by atoms with Crippen molar-refractivity contribution in [3.8, 4) is 0 Å². The van der Waals surface area contributed by atoms with Crippen molar-refractivity contribution in [1.29, 1.82) is 0 Å². The van der Waals surface area contributed by atoms with Crippen LogP contribution >= 0.6 is 23.2 Å². The second-order valence-corrected chi connectivity index (χ2v) is 5.57. The number of carbonyl (C=O) groups is 1. The molecule has 0 bridgehead atoms. The lowest BCUT2D eigenvalue weighted by Crippen LogP contribution is -2.37. The van der Waals surface area contributed by atoms with Gasteiger partial charge >= 0.3 is 0 Å². The minimum absolute atomic E-state index is 0.126. The van der Waals surface area contributed by atoms with Crippen LogP contribution in [0.25, 0.3) is 0 Å². The normalized spacial score (nSPS) is 13.9. The van der Waals surface area contributed by atoms with Gasteiger partial charge in [0.1, 0.15) is 0 Å². The predicted octanol–water partition coefficient (Wildman–Crippen LogP) is 3.96. The van der Waals surface area contributed by atoms with Crippen molar-refractivity contribution in [2.45, 2.75) is 33.2 Å². The van der Waals surface area contributed by atoms with E-state index in [0.29, 0.717) is 27.7 Å². The Morgan fingerprint density at radius 2 is 2.00 bits per heavy atom. The lowest BCUT2D eigenvalue weighted by Gasteiger charge is -2.19. The van der Waals surface area contributed by atoms with Crippen molar-refractivity contribution >= 4 is 34.8 Å². The molecule has 2 atom stereocenters. The maximum Gasteiger partial charge on any atom is 0.238 e. The van der Waals surface area contributed by atoms with Gasteiger partial charge in [0, 0.05) is 11.1 Å². The van der Waals surface area contributed by atoms with E-state index in [1.807, 2.05) is 0 Å². The molecule has 0 saturated heterocycles. The maximum absolute atomic E-state index is 11.8. The van der Waals surface area contributed by atoms with E-state index < -0.39 is 0 Å². The summed E-state index contributed by atoms with van der Waals surface area (Å²) in [4.78, 5) is 11.8. The number of rotatable bonds is 6. The molecule has 19 heavy (non-hydrogen) atoms. The number of benzene rings is 1. The molecule has 0 unspecified atom stereocenters. The summed E-state index contributed by atoms with van der Waals surface area (Å²) in [6.07, 6.45) is 1.08. The monoisotopic (exact) mass is 302 g/mol. The zero-order valence-electron chi connectivity index (χ0n) is 11.5. The van der Waals surface area contributed by atoms with Gasteiger partial charge in [-0.05, 0) is 31.0 Å². The molecule has 0 fully saturated rings. The molecule has 0 radical (unpaired) electrons. The van der Waals surface area contributed by atoms with Crippen LogP contribution in [0.5, 0.6) is 0 Å². The summed E-state index contributed by atoms with van der Waals surface area (Å²) in [5.41, 5.74) is 0.539. The number of amides is 1. The molecular weight excluding hydrogens is 283 g/mol. The van der Waals surface area contributed by atoms with Crippen LogP contribution in [0.1, 0.15) is 27.2 Å². The standard InChI is InChI=1S/C14H20Cl2N2O/c1-4-9(2)10(3)17-8-14(19)18-13-7-11(15)5-6-12(13)16/h5-7,9-10,17H,4,8H2,1-3H3,(H,18,19)/t9-,10+/m0/s1. The van der Waals surface area contributed by atoms with Crippen LogP contribution in [-0.4, -0.2) is 18.5 Å². The molecule has 0 aliphatic carbocycles. The smallest absolute Gasteiger partial charge is 0.238 e. The molecule has 0 aliphatic rings. The van der Waals surface area contributed by atoms with Gasteiger partial charge in [-0.1, -0.05) is 43.5 Å². The molecule has 1 rings (SSSR count). The first-order chi connectivity index (χ1) is 8.93. The second kappa shape index (κ2) is 7.73. The van der Waals surface area contributed by atoms with Crippen molar-refractivity contribution in [2.75, 3.05) is 11.9 Å². The molecule has 3 nitrogen and oxygen atoms in total. The Bertz CT molecular complexity index is 437. The molecular formula is C14H20Cl2N2O. The van der Waals surface area contributed by atoms with E-state index in [2.05, 4.69) is 31.4 Å². The van der Waals surface area contributed by atoms with Gasteiger partial charge in [-0.25, -0.2) is 0 Å². The highest BCUT2D eigenvalue weighted by Gasteiger charge is 2.12. The number of hydrogen-bond acceptors (Lipinski definition) is 2. The third kappa shape index (κ3) is 5.39. The highest BCUT2D eigenvalue weighted by Crippen LogP contribution is 2.25. The molecule has 2 N–H and O–H groups in total. The van der Waals surface area contributed by atoms with Crippen molar-refractivity contribution < 1.29 is 4.79 Å². The summed E-state index contributed by atoms with van der Waals surface area (Å²) in [5.74, 6) is 0.405. The van der Waals surface area contributed by atoms with Crippen molar-refractivity contribution in [1.82, 2.24) is 5.32 Å². The van der Waals surface area contributed by atoms with Gasteiger partial charge in [0.2, 0.25) is 5.91 Å². The Kier molecular flexibility index (Phi) is 6.63. The van der Waals surface area contributed by atoms with E-state index in [1.165, 1.54) is 0 Å². The number of halogens is 2. The first-order valence-electron chi connectivity index (χ1n) is 6.42. The third-order valence-corrected chi connectivity index (χ3v) is 3.85. The molecule has 0 heterocycles. The fourth-order valence-corrected chi connectivity index (χ4v) is 1.93. The highest BCUT2D eigenvalue weighted by molar-refractivity contribution is 6.35. The Hall–Kier alpha value is -0.770. The third-order valence-electron chi connectivity index (χ3n) is 3.28. The number of hydrogen-bond donors (Lipinski definition) is 2. The van der Waals surface area contributed by atoms with Crippen LogP contribution in [0, 0.1) is 5.92 Å². The second-order valence-electron chi connectivity index (χ2n) is 4.73.